The Bertz CT molecular complexity index is 444. The highest BCUT2D eigenvalue weighted by atomic mass is 16.7. The van der Waals surface area contributed by atoms with E-state index in [2.05, 4.69) is 25.4 Å². The molecule has 1 N–H and O–H groups in total. The summed E-state index contributed by atoms with van der Waals surface area (Å²) >= 11 is 0. The first-order valence-corrected chi connectivity index (χ1v) is 7.91. The van der Waals surface area contributed by atoms with E-state index in [1.54, 1.807) is 0 Å². The summed E-state index contributed by atoms with van der Waals surface area (Å²) in [7, 11) is 0. The molecule has 24 heavy (non-hydrogen) atoms. The third-order valence-electron chi connectivity index (χ3n) is 2.82. The fourth-order valence-electron chi connectivity index (χ4n) is 1.47. The number of hydrogen-bond acceptors (Lipinski definition) is 6. The number of esters is 2. The molecular formula is C17H27NO6. The average Bonchev–Trinajstić information content (AvgIpc) is 2.51. The second-order valence-electron chi connectivity index (χ2n) is 5.39. The van der Waals surface area contributed by atoms with Gasteiger partial charge >= 0.3 is 18.0 Å². The van der Waals surface area contributed by atoms with E-state index in [1.807, 2.05) is 0 Å². The maximum atomic E-state index is 11.6. The summed E-state index contributed by atoms with van der Waals surface area (Å²) in [5.74, 6) is -1.50. The van der Waals surface area contributed by atoms with Crippen LogP contribution in [0, 0.1) is 0 Å². The fourth-order valence-corrected chi connectivity index (χ4v) is 1.47. The third kappa shape index (κ3) is 10.4. The molecule has 0 rings (SSSR count). The van der Waals surface area contributed by atoms with Crippen molar-refractivity contribution in [3.8, 4) is 0 Å². The maximum absolute atomic E-state index is 11.6. The predicted molar refractivity (Wildman–Crippen MR) is 89.1 cm³/mol. The van der Waals surface area contributed by atoms with Crippen molar-refractivity contribution in [1.82, 2.24) is 5.32 Å². The standard InChI is InChI=1S/C17H27NO6/c1-6-7-8-9-10-18-17(21)22-11-14(23-15(19)12(2)3)24-16(20)13(4)5/h14H,2,4,6-11H2,1,3,5H3,(H,18,21). The summed E-state index contributed by atoms with van der Waals surface area (Å²) in [6.07, 6.45) is 2.05. The monoisotopic (exact) mass is 341 g/mol. The second kappa shape index (κ2) is 12.2. The molecule has 0 aliphatic heterocycles. The summed E-state index contributed by atoms with van der Waals surface area (Å²) in [5.41, 5.74) is 0.262. The Kier molecular flexibility index (Phi) is 11.0. The molecule has 0 aromatic rings. The van der Waals surface area contributed by atoms with Gasteiger partial charge in [-0.25, -0.2) is 14.4 Å². The lowest BCUT2D eigenvalue weighted by Crippen LogP contribution is -2.33. The highest BCUT2D eigenvalue weighted by molar-refractivity contribution is 5.88. The van der Waals surface area contributed by atoms with Crippen LogP contribution >= 0.6 is 0 Å². The molecule has 0 radical (unpaired) electrons. The van der Waals surface area contributed by atoms with Crippen molar-refractivity contribution in [1.29, 1.82) is 0 Å². The molecule has 0 bridgehead atoms. The maximum Gasteiger partial charge on any atom is 0.407 e. The molecule has 0 aromatic carbocycles. The highest BCUT2D eigenvalue weighted by Gasteiger charge is 2.21. The minimum absolute atomic E-state index is 0.131. The van der Waals surface area contributed by atoms with Crippen LogP contribution in [-0.4, -0.2) is 37.5 Å². The Balaban J connectivity index is 4.35. The van der Waals surface area contributed by atoms with Crippen molar-refractivity contribution in [2.24, 2.45) is 0 Å². The first-order valence-electron chi connectivity index (χ1n) is 7.91. The van der Waals surface area contributed by atoms with E-state index >= 15 is 0 Å². The number of ether oxygens (including phenoxy) is 3. The molecular weight excluding hydrogens is 314 g/mol. The lowest BCUT2D eigenvalue weighted by molar-refractivity contribution is -0.188. The van der Waals surface area contributed by atoms with Gasteiger partial charge in [-0.05, 0) is 20.3 Å². The lowest BCUT2D eigenvalue weighted by atomic mass is 10.2. The molecule has 0 fully saturated rings. The molecule has 0 aliphatic carbocycles. The van der Waals surface area contributed by atoms with Crippen LogP contribution in [0.15, 0.2) is 24.3 Å². The van der Waals surface area contributed by atoms with Crippen LogP contribution in [0.5, 0.6) is 0 Å². The molecule has 0 atom stereocenters. The van der Waals surface area contributed by atoms with Gasteiger partial charge in [0.2, 0.25) is 0 Å². The van der Waals surface area contributed by atoms with Gasteiger partial charge in [-0.2, -0.15) is 0 Å². The van der Waals surface area contributed by atoms with Gasteiger partial charge in [0, 0.05) is 17.7 Å². The molecule has 7 nitrogen and oxygen atoms in total. The SMILES string of the molecule is C=C(C)C(=O)OC(COC(=O)NCCCCCC)OC(=O)C(=C)C. The van der Waals surface area contributed by atoms with Crippen LogP contribution in [0.25, 0.3) is 0 Å². The second-order valence-corrected chi connectivity index (χ2v) is 5.39. The van der Waals surface area contributed by atoms with Gasteiger partial charge in [0.05, 0.1) is 0 Å². The molecule has 7 heteroatoms. The van der Waals surface area contributed by atoms with Crippen LogP contribution < -0.4 is 5.32 Å². The minimum Gasteiger partial charge on any atom is -0.442 e. The number of nitrogens with one attached hydrogen (secondary N) is 1. The van der Waals surface area contributed by atoms with Crippen molar-refractivity contribution in [3.63, 3.8) is 0 Å². The fraction of sp³-hybridized carbons (Fsp3) is 0.588. The Morgan fingerprint density at radius 2 is 1.50 bits per heavy atom. The summed E-state index contributed by atoms with van der Waals surface area (Å²) in [6, 6.07) is 0. The number of carbonyl (C=O) groups is 3. The molecule has 1 amide bonds. The molecule has 136 valence electrons. The number of carbonyl (C=O) groups excluding carboxylic acids is 3. The largest absolute Gasteiger partial charge is 0.442 e. The number of amides is 1. The van der Waals surface area contributed by atoms with E-state index in [1.165, 1.54) is 13.8 Å². The Morgan fingerprint density at radius 1 is 0.958 bits per heavy atom. The topological polar surface area (TPSA) is 90.9 Å². The number of hydrogen-bond donors (Lipinski definition) is 1. The molecule has 0 aromatic heterocycles. The van der Waals surface area contributed by atoms with Gasteiger partial charge in [0.25, 0.3) is 6.29 Å². The Morgan fingerprint density at radius 3 is 1.96 bits per heavy atom. The van der Waals surface area contributed by atoms with Crippen LogP contribution in [-0.2, 0) is 23.8 Å². The van der Waals surface area contributed by atoms with E-state index in [0.29, 0.717) is 6.54 Å². The zero-order chi connectivity index (χ0) is 18.5. The number of unbranched alkanes of at least 4 members (excludes halogenated alkanes) is 3. The van der Waals surface area contributed by atoms with Gasteiger partial charge in [0.15, 0.2) is 6.61 Å². The summed E-state index contributed by atoms with van der Waals surface area (Å²) < 4.78 is 14.7. The smallest absolute Gasteiger partial charge is 0.407 e. The zero-order valence-electron chi connectivity index (χ0n) is 14.7. The van der Waals surface area contributed by atoms with E-state index in [-0.39, 0.29) is 11.1 Å². The van der Waals surface area contributed by atoms with Gasteiger partial charge in [-0.3, -0.25) is 0 Å². The van der Waals surface area contributed by atoms with Crippen molar-refractivity contribution < 1.29 is 28.6 Å². The van der Waals surface area contributed by atoms with E-state index in [0.717, 1.165) is 25.7 Å². The van der Waals surface area contributed by atoms with Crippen LogP contribution in [0.3, 0.4) is 0 Å². The Hall–Kier alpha value is -2.31. The Labute approximate surface area is 143 Å². The number of rotatable bonds is 11. The molecule has 0 heterocycles. The first kappa shape index (κ1) is 21.7. The van der Waals surface area contributed by atoms with Crippen molar-refractivity contribution in [2.75, 3.05) is 13.2 Å². The third-order valence-corrected chi connectivity index (χ3v) is 2.82. The molecule has 0 unspecified atom stereocenters. The van der Waals surface area contributed by atoms with Gasteiger partial charge in [-0.1, -0.05) is 39.3 Å². The average molecular weight is 341 g/mol. The summed E-state index contributed by atoms with van der Waals surface area (Å²) in [5, 5.41) is 2.57. The molecule has 0 saturated carbocycles. The minimum atomic E-state index is -1.36. The van der Waals surface area contributed by atoms with E-state index in [9.17, 15) is 14.4 Å². The predicted octanol–water partition coefficient (Wildman–Crippen LogP) is 2.86. The van der Waals surface area contributed by atoms with Crippen molar-refractivity contribution in [3.05, 3.63) is 24.3 Å². The highest BCUT2D eigenvalue weighted by Crippen LogP contribution is 2.05. The van der Waals surface area contributed by atoms with E-state index in [4.69, 9.17) is 14.2 Å². The van der Waals surface area contributed by atoms with Gasteiger partial charge in [-0.15, -0.1) is 0 Å². The molecule has 0 saturated heterocycles. The zero-order valence-corrected chi connectivity index (χ0v) is 14.7. The molecule has 0 aliphatic rings. The van der Waals surface area contributed by atoms with Crippen molar-refractivity contribution in [2.45, 2.75) is 52.7 Å². The van der Waals surface area contributed by atoms with Crippen LogP contribution in [0.4, 0.5) is 4.79 Å². The van der Waals surface area contributed by atoms with Crippen LogP contribution in [0.2, 0.25) is 0 Å². The quantitative estimate of drug-likeness (QED) is 0.269. The normalized spacial score (nSPS) is 10.0. The van der Waals surface area contributed by atoms with Gasteiger partial charge in [0.1, 0.15) is 0 Å². The summed E-state index contributed by atoms with van der Waals surface area (Å²) in [6.45, 7) is 11.9. The first-order chi connectivity index (χ1) is 11.3. The lowest BCUT2D eigenvalue weighted by Gasteiger charge is -2.18. The number of alkyl carbamates (subject to hydrolysis) is 1. The summed E-state index contributed by atoms with van der Waals surface area (Å²) in [4.78, 5) is 34.6. The van der Waals surface area contributed by atoms with Crippen molar-refractivity contribution >= 4 is 18.0 Å². The van der Waals surface area contributed by atoms with Crippen LogP contribution in [0.1, 0.15) is 46.5 Å². The van der Waals surface area contributed by atoms with Gasteiger partial charge < -0.3 is 19.5 Å². The van der Waals surface area contributed by atoms with E-state index < -0.39 is 30.9 Å². The molecule has 0 spiro atoms.